The van der Waals surface area contributed by atoms with Gasteiger partial charge < -0.3 is 0 Å². The van der Waals surface area contributed by atoms with Crippen LogP contribution < -0.4 is 0 Å². The molecule has 27 heavy (non-hydrogen) atoms. The van der Waals surface area contributed by atoms with Crippen molar-refractivity contribution in [2.24, 2.45) is 5.92 Å². The van der Waals surface area contributed by atoms with Crippen molar-refractivity contribution in [2.75, 3.05) is 0 Å². The molecular formula is C27H24. The number of rotatable bonds is 4. The SMILES string of the molecule is C#CC1=C(C2=Cc3cc(CCc4ccccc4)ccc3C2)C2CCC=C2C1. The van der Waals surface area contributed by atoms with E-state index in [1.165, 1.54) is 51.8 Å². The van der Waals surface area contributed by atoms with Crippen LogP contribution in [0.1, 0.15) is 41.5 Å². The molecule has 1 atom stereocenters. The zero-order chi connectivity index (χ0) is 18.2. The number of terminal acetylenes is 1. The lowest BCUT2D eigenvalue weighted by atomic mass is 9.90. The molecule has 0 N–H and O–H groups in total. The van der Waals surface area contributed by atoms with Gasteiger partial charge in [0.25, 0.3) is 0 Å². The highest BCUT2D eigenvalue weighted by atomic mass is 14.4. The van der Waals surface area contributed by atoms with E-state index >= 15 is 0 Å². The van der Waals surface area contributed by atoms with E-state index in [0.717, 1.165) is 25.7 Å². The number of fused-ring (bicyclic) bond motifs is 2. The topological polar surface area (TPSA) is 0 Å². The Morgan fingerprint density at radius 2 is 1.81 bits per heavy atom. The first-order valence-corrected chi connectivity index (χ1v) is 10.1. The van der Waals surface area contributed by atoms with E-state index in [0.29, 0.717) is 5.92 Å². The molecule has 0 spiro atoms. The lowest BCUT2D eigenvalue weighted by Gasteiger charge is -2.13. The van der Waals surface area contributed by atoms with Crippen molar-refractivity contribution in [2.45, 2.75) is 38.5 Å². The summed E-state index contributed by atoms with van der Waals surface area (Å²) < 4.78 is 0. The van der Waals surface area contributed by atoms with Crippen molar-refractivity contribution in [3.05, 3.63) is 99.2 Å². The molecular weight excluding hydrogens is 324 g/mol. The van der Waals surface area contributed by atoms with Crippen molar-refractivity contribution in [1.82, 2.24) is 0 Å². The number of allylic oxidation sites excluding steroid dienone is 5. The summed E-state index contributed by atoms with van der Waals surface area (Å²) in [6, 6.07) is 17.8. The van der Waals surface area contributed by atoms with Crippen LogP contribution in [-0.2, 0) is 19.3 Å². The van der Waals surface area contributed by atoms with E-state index in [2.05, 4.69) is 66.6 Å². The minimum absolute atomic E-state index is 0.592. The van der Waals surface area contributed by atoms with E-state index in [1.807, 2.05) is 0 Å². The van der Waals surface area contributed by atoms with Gasteiger partial charge in [0.1, 0.15) is 0 Å². The van der Waals surface area contributed by atoms with Gasteiger partial charge in [0.05, 0.1) is 0 Å². The van der Waals surface area contributed by atoms with Crippen molar-refractivity contribution in [3.63, 3.8) is 0 Å². The Labute approximate surface area is 162 Å². The predicted octanol–water partition coefficient (Wildman–Crippen LogP) is 6.08. The Morgan fingerprint density at radius 1 is 0.963 bits per heavy atom. The molecule has 3 aliphatic carbocycles. The van der Waals surface area contributed by atoms with Crippen LogP contribution in [0.25, 0.3) is 6.08 Å². The molecule has 0 aliphatic heterocycles. The fraction of sp³-hybridized carbons (Fsp3) is 0.259. The summed E-state index contributed by atoms with van der Waals surface area (Å²) >= 11 is 0. The quantitative estimate of drug-likeness (QED) is 0.464. The molecule has 0 fully saturated rings. The molecule has 132 valence electrons. The van der Waals surface area contributed by atoms with Gasteiger partial charge in [-0.05, 0) is 65.5 Å². The Kier molecular flexibility index (Phi) is 4.10. The van der Waals surface area contributed by atoms with Crippen molar-refractivity contribution < 1.29 is 0 Å². The van der Waals surface area contributed by atoms with Gasteiger partial charge in [0.2, 0.25) is 0 Å². The van der Waals surface area contributed by atoms with E-state index in [1.54, 1.807) is 5.57 Å². The minimum Gasteiger partial charge on any atom is -0.115 e. The second-order valence-electron chi connectivity index (χ2n) is 7.99. The third-order valence-electron chi connectivity index (χ3n) is 6.35. The van der Waals surface area contributed by atoms with Crippen molar-refractivity contribution >= 4 is 6.08 Å². The van der Waals surface area contributed by atoms with Crippen LogP contribution in [0.15, 0.2) is 76.9 Å². The van der Waals surface area contributed by atoms with Crippen LogP contribution >= 0.6 is 0 Å². The van der Waals surface area contributed by atoms with Gasteiger partial charge in [-0.2, -0.15) is 0 Å². The van der Waals surface area contributed by atoms with Crippen LogP contribution in [0.2, 0.25) is 0 Å². The molecule has 0 heterocycles. The van der Waals surface area contributed by atoms with Gasteiger partial charge in [0, 0.05) is 17.9 Å². The molecule has 0 amide bonds. The third kappa shape index (κ3) is 2.98. The lowest BCUT2D eigenvalue weighted by molar-refractivity contribution is 0.718. The second-order valence-corrected chi connectivity index (χ2v) is 7.99. The fourth-order valence-corrected chi connectivity index (χ4v) is 4.99. The average molecular weight is 348 g/mol. The maximum absolute atomic E-state index is 5.86. The number of benzene rings is 2. The van der Waals surface area contributed by atoms with Crippen LogP contribution in [-0.4, -0.2) is 0 Å². The monoisotopic (exact) mass is 348 g/mol. The van der Waals surface area contributed by atoms with Gasteiger partial charge in [-0.25, -0.2) is 0 Å². The zero-order valence-electron chi connectivity index (χ0n) is 15.7. The molecule has 2 aromatic rings. The van der Waals surface area contributed by atoms with Gasteiger partial charge in [0.15, 0.2) is 0 Å². The molecule has 0 aromatic heterocycles. The molecule has 0 saturated carbocycles. The molecule has 3 aliphatic rings. The van der Waals surface area contributed by atoms with Gasteiger partial charge in [-0.15, -0.1) is 6.42 Å². The predicted molar refractivity (Wildman–Crippen MR) is 113 cm³/mol. The molecule has 0 heteroatoms. The van der Waals surface area contributed by atoms with E-state index < -0.39 is 0 Å². The minimum atomic E-state index is 0.592. The number of hydrogen-bond acceptors (Lipinski definition) is 0. The highest BCUT2D eigenvalue weighted by Gasteiger charge is 2.34. The highest BCUT2D eigenvalue weighted by molar-refractivity contribution is 5.72. The molecule has 0 saturated heterocycles. The molecule has 0 radical (unpaired) electrons. The lowest BCUT2D eigenvalue weighted by Crippen LogP contribution is -2.01. The summed E-state index contributed by atoms with van der Waals surface area (Å²) in [4.78, 5) is 0. The first-order valence-electron chi connectivity index (χ1n) is 10.1. The third-order valence-corrected chi connectivity index (χ3v) is 6.35. The van der Waals surface area contributed by atoms with Crippen LogP contribution in [0.5, 0.6) is 0 Å². The van der Waals surface area contributed by atoms with Crippen molar-refractivity contribution in [1.29, 1.82) is 0 Å². The summed E-state index contributed by atoms with van der Waals surface area (Å²) in [5, 5.41) is 0. The van der Waals surface area contributed by atoms with E-state index in [9.17, 15) is 0 Å². The summed E-state index contributed by atoms with van der Waals surface area (Å²) in [6.45, 7) is 0. The molecule has 1 unspecified atom stereocenters. The standard InChI is InChI=1S/C27H24/c1-2-21-16-23-9-6-10-26(23)27(21)25-17-22-14-13-20(15-24(22)18-25)12-11-19-7-4-3-5-8-19/h1,3-5,7-9,13-15,18,26H,6,10-12,16-17H2. The Morgan fingerprint density at radius 3 is 2.67 bits per heavy atom. The summed E-state index contributed by atoms with van der Waals surface area (Å²) in [5.41, 5.74) is 11.4. The Balaban J connectivity index is 1.39. The number of aryl methyl sites for hydroxylation is 2. The smallest absolute Gasteiger partial charge is 0.00992 e. The second kappa shape index (κ2) is 6.75. The zero-order valence-corrected chi connectivity index (χ0v) is 15.7. The fourth-order valence-electron chi connectivity index (χ4n) is 4.99. The molecule has 0 bridgehead atoms. The maximum Gasteiger partial charge on any atom is 0.00992 e. The molecule has 2 aromatic carbocycles. The molecule has 5 rings (SSSR count). The van der Waals surface area contributed by atoms with Crippen molar-refractivity contribution in [3.8, 4) is 12.3 Å². The highest BCUT2D eigenvalue weighted by Crippen LogP contribution is 2.48. The van der Waals surface area contributed by atoms with Gasteiger partial charge in [-0.3, -0.25) is 0 Å². The Bertz CT molecular complexity index is 1020. The Hall–Kier alpha value is -2.78. The van der Waals surface area contributed by atoms with E-state index in [4.69, 9.17) is 6.42 Å². The maximum atomic E-state index is 5.86. The first kappa shape index (κ1) is 16.4. The number of hydrogen-bond donors (Lipinski definition) is 0. The summed E-state index contributed by atoms with van der Waals surface area (Å²) in [5.74, 6) is 3.59. The molecule has 0 nitrogen and oxygen atoms in total. The average Bonchev–Trinajstić information content (AvgIpc) is 3.40. The van der Waals surface area contributed by atoms with Crippen LogP contribution in [0.4, 0.5) is 0 Å². The largest absolute Gasteiger partial charge is 0.115 e. The first-order chi connectivity index (χ1) is 13.3. The van der Waals surface area contributed by atoms with Gasteiger partial charge >= 0.3 is 0 Å². The summed E-state index contributed by atoms with van der Waals surface area (Å²) in [7, 11) is 0. The van der Waals surface area contributed by atoms with Gasteiger partial charge in [-0.1, -0.05) is 72.2 Å². The van der Waals surface area contributed by atoms with Crippen LogP contribution in [0.3, 0.4) is 0 Å². The van der Waals surface area contributed by atoms with E-state index in [-0.39, 0.29) is 0 Å². The normalized spacial score (nSPS) is 20.2. The summed E-state index contributed by atoms with van der Waals surface area (Å²) in [6.07, 6.45) is 17.4. The van der Waals surface area contributed by atoms with Crippen LogP contribution in [0, 0.1) is 18.3 Å².